The number of hydrogen-bond donors (Lipinski definition) is 0. The summed E-state index contributed by atoms with van der Waals surface area (Å²) < 4.78 is 2.20. The van der Waals surface area contributed by atoms with Crippen molar-refractivity contribution in [2.24, 2.45) is 0 Å². The molecule has 0 aliphatic rings. The van der Waals surface area contributed by atoms with Gasteiger partial charge in [-0.05, 0) is 63.8 Å². The molecule has 96 valence electrons. The molecule has 2 nitrogen and oxygen atoms in total. The Labute approximate surface area is 108 Å². The number of pyridine rings is 1. The van der Waals surface area contributed by atoms with Gasteiger partial charge in [0.25, 0.3) is 0 Å². The molecule has 0 N–H and O–H groups in total. The summed E-state index contributed by atoms with van der Waals surface area (Å²) in [6.45, 7) is 13.3. The first-order chi connectivity index (χ1) is 8.40. The minimum atomic E-state index is 0.179. The molecule has 0 spiro atoms. The fourth-order valence-corrected chi connectivity index (χ4v) is 2.73. The standard InChI is InChI=1S/C16H21NO/c1-7-17-8-9(2)16(18)14-12(5)10(3)11(4)13(6)15(14)17/h8H,7H2,1-6H3. The second kappa shape index (κ2) is 4.27. The van der Waals surface area contributed by atoms with E-state index >= 15 is 0 Å². The zero-order valence-electron chi connectivity index (χ0n) is 12.1. The van der Waals surface area contributed by atoms with Crippen LogP contribution in [0.2, 0.25) is 0 Å². The summed E-state index contributed by atoms with van der Waals surface area (Å²) in [5.74, 6) is 0. The highest BCUT2D eigenvalue weighted by molar-refractivity contribution is 5.88. The molecule has 0 saturated heterocycles. The predicted octanol–water partition coefficient (Wildman–Crippen LogP) is 3.56. The molecule has 0 amide bonds. The molecule has 2 rings (SSSR count). The Morgan fingerprint density at radius 1 is 0.944 bits per heavy atom. The third-order valence-electron chi connectivity index (χ3n) is 4.22. The first-order valence-electron chi connectivity index (χ1n) is 6.50. The van der Waals surface area contributed by atoms with E-state index in [0.717, 1.165) is 28.6 Å². The number of benzene rings is 1. The molecular weight excluding hydrogens is 222 g/mol. The summed E-state index contributed by atoms with van der Waals surface area (Å²) in [6, 6.07) is 0. The van der Waals surface area contributed by atoms with Crippen LogP contribution in [0.4, 0.5) is 0 Å². The summed E-state index contributed by atoms with van der Waals surface area (Å²) >= 11 is 0. The van der Waals surface area contributed by atoms with Gasteiger partial charge in [-0.2, -0.15) is 0 Å². The van der Waals surface area contributed by atoms with Crippen molar-refractivity contribution in [1.29, 1.82) is 0 Å². The molecule has 18 heavy (non-hydrogen) atoms. The molecular formula is C16H21NO. The van der Waals surface area contributed by atoms with Gasteiger partial charge in [0.1, 0.15) is 0 Å². The molecule has 0 aliphatic carbocycles. The van der Waals surface area contributed by atoms with Gasteiger partial charge in [0, 0.05) is 23.7 Å². The number of aryl methyl sites for hydroxylation is 4. The molecule has 1 aromatic carbocycles. The van der Waals surface area contributed by atoms with Gasteiger partial charge in [-0.25, -0.2) is 0 Å². The van der Waals surface area contributed by atoms with E-state index < -0.39 is 0 Å². The van der Waals surface area contributed by atoms with Gasteiger partial charge in [-0.3, -0.25) is 4.79 Å². The van der Waals surface area contributed by atoms with Crippen LogP contribution in [0, 0.1) is 34.6 Å². The van der Waals surface area contributed by atoms with Crippen molar-refractivity contribution in [2.75, 3.05) is 0 Å². The zero-order valence-corrected chi connectivity index (χ0v) is 12.1. The summed E-state index contributed by atoms with van der Waals surface area (Å²) in [6.07, 6.45) is 1.98. The van der Waals surface area contributed by atoms with Gasteiger partial charge in [0.2, 0.25) is 0 Å². The van der Waals surface area contributed by atoms with Gasteiger partial charge in [0.05, 0.1) is 5.52 Å². The van der Waals surface area contributed by atoms with E-state index in [4.69, 9.17) is 0 Å². The third-order valence-corrected chi connectivity index (χ3v) is 4.22. The molecule has 2 aromatic rings. The van der Waals surface area contributed by atoms with E-state index in [1.165, 1.54) is 16.7 Å². The van der Waals surface area contributed by atoms with Crippen LogP contribution in [0.5, 0.6) is 0 Å². The second-order valence-corrected chi connectivity index (χ2v) is 5.15. The number of hydrogen-bond acceptors (Lipinski definition) is 1. The lowest BCUT2D eigenvalue weighted by Gasteiger charge is -2.18. The quantitative estimate of drug-likeness (QED) is 0.750. The van der Waals surface area contributed by atoms with Crippen LogP contribution in [0.3, 0.4) is 0 Å². The van der Waals surface area contributed by atoms with E-state index in [2.05, 4.69) is 39.2 Å². The molecule has 1 heterocycles. The van der Waals surface area contributed by atoms with Crippen LogP contribution in [0.25, 0.3) is 10.9 Å². The molecule has 0 aliphatic heterocycles. The van der Waals surface area contributed by atoms with Gasteiger partial charge in [-0.15, -0.1) is 0 Å². The molecule has 0 unspecified atom stereocenters. The lowest BCUT2D eigenvalue weighted by atomic mass is 9.93. The lowest BCUT2D eigenvalue weighted by Crippen LogP contribution is -2.15. The Morgan fingerprint density at radius 3 is 2.06 bits per heavy atom. The molecule has 0 radical (unpaired) electrons. The summed E-state index contributed by atoms with van der Waals surface area (Å²) in [5, 5.41) is 0.900. The van der Waals surface area contributed by atoms with E-state index in [9.17, 15) is 4.79 Å². The lowest BCUT2D eigenvalue weighted by molar-refractivity contribution is 0.779. The monoisotopic (exact) mass is 243 g/mol. The molecule has 2 heteroatoms. The largest absolute Gasteiger partial charge is 0.347 e. The Kier molecular flexibility index (Phi) is 3.05. The minimum absolute atomic E-state index is 0.179. The summed E-state index contributed by atoms with van der Waals surface area (Å²) in [5.41, 5.74) is 7.01. The topological polar surface area (TPSA) is 22.0 Å². The van der Waals surface area contributed by atoms with Crippen LogP contribution in [-0.4, -0.2) is 4.57 Å². The van der Waals surface area contributed by atoms with Gasteiger partial charge >= 0.3 is 0 Å². The summed E-state index contributed by atoms with van der Waals surface area (Å²) in [7, 11) is 0. The molecule has 0 saturated carbocycles. The van der Waals surface area contributed by atoms with E-state index in [1.807, 2.05) is 13.1 Å². The predicted molar refractivity (Wildman–Crippen MR) is 77.6 cm³/mol. The van der Waals surface area contributed by atoms with Crippen molar-refractivity contribution in [3.05, 3.63) is 44.2 Å². The molecule has 0 bridgehead atoms. The van der Waals surface area contributed by atoms with Crippen LogP contribution in [0.1, 0.15) is 34.7 Å². The van der Waals surface area contributed by atoms with Gasteiger partial charge in [0.15, 0.2) is 5.43 Å². The zero-order chi connectivity index (χ0) is 13.6. The maximum Gasteiger partial charge on any atom is 0.192 e. The average Bonchev–Trinajstić information content (AvgIpc) is 2.36. The number of rotatable bonds is 1. The SMILES string of the molecule is CCn1cc(C)c(=O)c2c(C)c(C)c(C)c(C)c21. The minimum Gasteiger partial charge on any atom is -0.347 e. The highest BCUT2D eigenvalue weighted by atomic mass is 16.1. The van der Waals surface area contributed by atoms with Crippen LogP contribution < -0.4 is 5.43 Å². The maximum absolute atomic E-state index is 12.4. The first-order valence-corrected chi connectivity index (χ1v) is 6.50. The Hall–Kier alpha value is -1.57. The van der Waals surface area contributed by atoms with Crippen molar-refractivity contribution in [3.63, 3.8) is 0 Å². The van der Waals surface area contributed by atoms with Crippen molar-refractivity contribution in [1.82, 2.24) is 4.57 Å². The van der Waals surface area contributed by atoms with Crippen molar-refractivity contribution < 1.29 is 0 Å². The van der Waals surface area contributed by atoms with Crippen molar-refractivity contribution in [3.8, 4) is 0 Å². The third kappa shape index (κ3) is 1.59. The Balaban J connectivity index is 3.19. The Morgan fingerprint density at radius 2 is 1.50 bits per heavy atom. The van der Waals surface area contributed by atoms with E-state index in [-0.39, 0.29) is 5.43 Å². The Bertz CT molecular complexity index is 693. The van der Waals surface area contributed by atoms with Crippen LogP contribution in [0.15, 0.2) is 11.0 Å². The first kappa shape index (κ1) is 12.9. The molecule has 0 atom stereocenters. The van der Waals surface area contributed by atoms with Gasteiger partial charge in [-0.1, -0.05) is 0 Å². The smallest absolute Gasteiger partial charge is 0.192 e. The van der Waals surface area contributed by atoms with Crippen molar-refractivity contribution in [2.45, 2.75) is 48.1 Å². The fraction of sp³-hybridized carbons (Fsp3) is 0.438. The average molecular weight is 243 g/mol. The number of fused-ring (bicyclic) bond motifs is 1. The highest BCUT2D eigenvalue weighted by Crippen LogP contribution is 2.27. The number of aromatic nitrogens is 1. The highest BCUT2D eigenvalue weighted by Gasteiger charge is 2.15. The normalized spacial score (nSPS) is 11.2. The van der Waals surface area contributed by atoms with E-state index in [0.29, 0.717) is 0 Å². The van der Waals surface area contributed by atoms with E-state index in [1.54, 1.807) is 0 Å². The van der Waals surface area contributed by atoms with Crippen LogP contribution in [-0.2, 0) is 6.54 Å². The fourth-order valence-electron chi connectivity index (χ4n) is 2.73. The van der Waals surface area contributed by atoms with Crippen molar-refractivity contribution >= 4 is 10.9 Å². The number of nitrogens with zero attached hydrogens (tertiary/aromatic N) is 1. The molecule has 0 fully saturated rings. The summed E-state index contributed by atoms with van der Waals surface area (Å²) in [4.78, 5) is 12.4. The van der Waals surface area contributed by atoms with Crippen LogP contribution >= 0.6 is 0 Å². The second-order valence-electron chi connectivity index (χ2n) is 5.15. The molecule has 1 aromatic heterocycles. The maximum atomic E-state index is 12.4. The van der Waals surface area contributed by atoms with Gasteiger partial charge < -0.3 is 4.57 Å².